The van der Waals surface area contributed by atoms with Crippen molar-refractivity contribution >= 4 is 0 Å². The van der Waals surface area contributed by atoms with Crippen molar-refractivity contribution in [3.63, 3.8) is 0 Å². The maximum Gasteiger partial charge on any atom is 0.124 e. The molecule has 2 N–H and O–H groups in total. The maximum absolute atomic E-state index is 10.0. The molecule has 1 rings (SSSR count). The van der Waals surface area contributed by atoms with Crippen LogP contribution < -0.4 is 0 Å². The Bertz CT molecular complexity index is 342. The molecule has 1 aromatic heterocycles. The molecule has 0 spiro atoms. The summed E-state index contributed by atoms with van der Waals surface area (Å²) in [6, 6.07) is 0. The van der Waals surface area contributed by atoms with Gasteiger partial charge in [-0.2, -0.15) is 0 Å². The average molecular weight is 242 g/mol. The number of aromatic nitrogens is 2. The second-order valence-electron chi connectivity index (χ2n) is 4.49. The molecular formula is C12H22N2O3. The van der Waals surface area contributed by atoms with Gasteiger partial charge in [-0.25, -0.2) is 14.8 Å². The number of aromatic amines is 1. The lowest BCUT2D eigenvalue weighted by Gasteiger charge is -2.16. The summed E-state index contributed by atoms with van der Waals surface area (Å²) in [4.78, 5) is 17.4. The zero-order valence-corrected chi connectivity index (χ0v) is 11.0. The van der Waals surface area contributed by atoms with Gasteiger partial charge in [-0.3, -0.25) is 0 Å². The molecule has 0 atom stereocenters. The van der Waals surface area contributed by atoms with Gasteiger partial charge in [0.1, 0.15) is 18.0 Å². The normalized spacial score (nSPS) is 12.1. The summed E-state index contributed by atoms with van der Waals surface area (Å²) in [6.45, 7) is 8.12. The van der Waals surface area contributed by atoms with Crippen LogP contribution in [0.4, 0.5) is 0 Å². The molecule has 0 aliphatic carbocycles. The number of aliphatic hydroxyl groups is 1. The van der Waals surface area contributed by atoms with Gasteiger partial charge in [-0.05, 0) is 27.2 Å². The highest BCUT2D eigenvalue weighted by atomic mass is 17.2. The quantitative estimate of drug-likeness (QED) is 0.436. The average Bonchev–Trinajstić information content (AvgIpc) is 2.62. The fourth-order valence-electron chi connectivity index (χ4n) is 1.61. The summed E-state index contributed by atoms with van der Waals surface area (Å²) in [6.07, 6.45) is 1.86. The predicted molar refractivity (Wildman–Crippen MR) is 64.2 cm³/mol. The zero-order valence-electron chi connectivity index (χ0n) is 11.0. The third-order valence-corrected chi connectivity index (χ3v) is 2.30. The molecule has 0 saturated heterocycles. The molecule has 1 aromatic rings. The van der Waals surface area contributed by atoms with Crippen LogP contribution in [0.2, 0.25) is 0 Å². The van der Waals surface area contributed by atoms with E-state index in [-0.39, 0.29) is 6.61 Å². The van der Waals surface area contributed by atoms with Crippen LogP contribution in [0.5, 0.6) is 0 Å². The molecule has 0 saturated carbocycles. The van der Waals surface area contributed by atoms with Crippen molar-refractivity contribution in [1.82, 2.24) is 9.97 Å². The molecular weight excluding hydrogens is 220 g/mol. The highest BCUT2D eigenvalue weighted by Gasteiger charge is 2.24. The summed E-state index contributed by atoms with van der Waals surface area (Å²) in [5, 5.41) is 10.0. The van der Waals surface area contributed by atoms with Crippen LogP contribution in [0, 0.1) is 0 Å². The molecule has 0 aromatic carbocycles. The molecule has 0 unspecified atom stereocenters. The minimum Gasteiger partial charge on any atom is -0.384 e. The molecule has 0 bridgehead atoms. The van der Waals surface area contributed by atoms with Crippen LogP contribution in [0.15, 0.2) is 0 Å². The van der Waals surface area contributed by atoms with Crippen molar-refractivity contribution in [2.75, 3.05) is 6.61 Å². The van der Waals surface area contributed by atoms with Crippen LogP contribution in [0.25, 0.3) is 0 Å². The van der Waals surface area contributed by atoms with E-state index in [0.29, 0.717) is 12.3 Å². The summed E-state index contributed by atoms with van der Waals surface area (Å²) in [5.74, 6) is 0.875. The first-order valence-electron chi connectivity index (χ1n) is 6.04. The summed E-state index contributed by atoms with van der Waals surface area (Å²) in [5.41, 5.74) is 0.419. The van der Waals surface area contributed by atoms with Gasteiger partial charge in [0.25, 0.3) is 0 Å². The Labute approximate surface area is 102 Å². The first-order valence-corrected chi connectivity index (χ1v) is 6.04. The number of aryl methyl sites for hydroxylation is 1. The Morgan fingerprint density at radius 1 is 1.29 bits per heavy atom. The van der Waals surface area contributed by atoms with Crippen molar-refractivity contribution in [3.8, 4) is 0 Å². The van der Waals surface area contributed by atoms with E-state index in [9.17, 15) is 5.11 Å². The number of H-pyrrole nitrogens is 1. The molecule has 1 heterocycles. The van der Waals surface area contributed by atoms with Crippen molar-refractivity contribution in [1.29, 1.82) is 0 Å². The Morgan fingerprint density at radius 2 is 2.00 bits per heavy atom. The molecule has 0 aliphatic rings. The van der Waals surface area contributed by atoms with Crippen molar-refractivity contribution in [2.45, 2.75) is 52.7 Å². The Hall–Kier alpha value is -0.910. The number of hydrogen-bond acceptors (Lipinski definition) is 4. The van der Waals surface area contributed by atoms with Gasteiger partial charge >= 0.3 is 0 Å². The van der Waals surface area contributed by atoms with E-state index in [1.807, 2.05) is 6.92 Å². The second kappa shape index (κ2) is 6.14. The van der Waals surface area contributed by atoms with E-state index < -0.39 is 5.60 Å². The summed E-state index contributed by atoms with van der Waals surface area (Å²) < 4.78 is 0. The minimum atomic E-state index is -0.979. The molecule has 0 fully saturated rings. The first-order chi connectivity index (χ1) is 7.99. The molecule has 17 heavy (non-hydrogen) atoms. The number of rotatable bonds is 7. The lowest BCUT2D eigenvalue weighted by molar-refractivity contribution is -0.301. The highest BCUT2D eigenvalue weighted by Crippen LogP contribution is 2.22. The van der Waals surface area contributed by atoms with E-state index in [1.54, 1.807) is 13.8 Å². The third-order valence-electron chi connectivity index (χ3n) is 2.30. The molecule has 98 valence electrons. The second-order valence-corrected chi connectivity index (χ2v) is 4.49. The number of imidazole rings is 1. The van der Waals surface area contributed by atoms with E-state index in [0.717, 1.165) is 24.4 Å². The monoisotopic (exact) mass is 242 g/mol. The molecule has 5 heteroatoms. The summed E-state index contributed by atoms with van der Waals surface area (Å²) in [7, 11) is 0. The zero-order chi connectivity index (χ0) is 12.9. The fraction of sp³-hybridized carbons (Fsp3) is 0.750. The highest BCUT2D eigenvalue weighted by molar-refractivity contribution is 5.20. The van der Waals surface area contributed by atoms with E-state index in [4.69, 9.17) is 9.78 Å². The van der Waals surface area contributed by atoms with Crippen molar-refractivity contribution in [3.05, 3.63) is 17.2 Å². The van der Waals surface area contributed by atoms with Crippen LogP contribution in [0.3, 0.4) is 0 Å². The number of nitrogens with one attached hydrogen (secondary N) is 1. The van der Waals surface area contributed by atoms with Crippen LogP contribution in [0.1, 0.15) is 51.3 Å². The predicted octanol–water partition coefficient (Wildman–Crippen LogP) is 2.06. The van der Waals surface area contributed by atoms with Crippen LogP contribution in [-0.2, 0) is 28.4 Å². The summed E-state index contributed by atoms with van der Waals surface area (Å²) >= 11 is 0. The SMILES string of the molecule is CCCc1nc(C(C)(C)O)c(COOCC)[nH]1. The first kappa shape index (κ1) is 14.2. The third kappa shape index (κ3) is 4.11. The van der Waals surface area contributed by atoms with Gasteiger partial charge in [0, 0.05) is 6.42 Å². The van der Waals surface area contributed by atoms with Gasteiger partial charge in [0.2, 0.25) is 0 Å². The van der Waals surface area contributed by atoms with Crippen molar-refractivity contribution in [2.24, 2.45) is 0 Å². The number of nitrogens with zero attached hydrogens (tertiary/aromatic N) is 1. The maximum atomic E-state index is 10.0. The molecule has 0 aliphatic heterocycles. The van der Waals surface area contributed by atoms with E-state index in [2.05, 4.69) is 16.9 Å². The smallest absolute Gasteiger partial charge is 0.124 e. The van der Waals surface area contributed by atoms with Gasteiger partial charge in [0.15, 0.2) is 0 Å². The Morgan fingerprint density at radius 3 is 2.53 bits per heavy atom. The van der Waals surface area contributed by atoms with Crippen molar-refractivity contribution < 1.29 is 14.9 Å². The largest absolute Gasteiger partial charge is 0.384 e. The van der Waals surface area contributed by atoms with E-state index >= 15 is 0 Å². The van der Waals surface area contributed by atoms with Gasteiger partial charge in [-0.15, -0.1) is 0 Å². The number of hydrogen-bond donors (Lipinski definition) is 2. The minimum absolute atomic E-state index is 0.268. The van der Waals surface area contributed by atoms with E-state index in [1.165, 1.54) is 0 Å². The molecule has 0 amide bonds. The molecule has 5 nitrogen and oxygen atoms in total. The van der Waals surface area contributed by atoms with Gasteiger partial charge in [0.05, 0.1) is 18.0 Å². The Kier molecular flexibility index (Phi) is 5.11. The topological polar surface area (TPSA) is 67.4 Å². The van der Waals surface area contributed by atoms with Gasteiger partial charge in [-0.1, -0.05) is 6.92 Å². The van der Waals surface area contributed by atoms with Crippen LogP contribution >= 0.6 is 0 Å². The lowest BCUT2D eigenvalue weighted by Crippen LogP contribution is -2.18. The van der Waals surface area contributed by atoms with Gasteiger partial charge < -0.3 is 10.1 Å². The molecule has 0 radical (unpaired) electrons. The lowest BCUT2D eigenvalue weighted by atomic mass is 10.0. The van der Waals surface area contributed by atoms with Crippen LogP contribution in [-0.4, -0.2) is 21.7 Å². The fourth-order valence-corrected chi connectivity index (χ4v) is 1.61. The Balaban J connectivity index is 2.84. The standard InChI is InChI=1S/C12H22N2O3/c1-5-7-10-13-9(8-17-16-6-2)11(14-10)12(3,4)15/h15H,5-8H2,1-4H3,(H,13,14).